The fraction of sp³-hybridized carbons (Fsp3) is 0.714. The summed E-state index contributed by atoms with van der Waals surface area (Å²) in [5.74, 6) is 0. The first-order valence-electron chi connectivity index (χ1n) is 3.56. The SMILES string of the molecule is FC1CCCC(C(F)(F)F)=CO1. The molecule has 1 nitrogen and oxygen atoms in total. The second-order valence-corrected chi connectivity index (χ2v) is 2.58. The molecule has 1 aliphatic heterocycles. The Morgan fingerprint density at radius 1 is 1.42 bits per heavy atom. The van der Waals surface area contributed by atoms with Gasteiger partial charge in [0.05, 0.1) is 11.8 Å². The Morgan fingerprint density at radius 3 is 2.67 bits per heavy atom. The van der Waals surface area contributed by atoms with E-state index in [0.29, 0.717) is 6.26 Å². The minimum Gasteiger partial charge on any atom is -0.468 e. The summed E-state index contributed by atoms with van der Waals surface area (Å²) in [6, 6.07) is 0. The molecule has 70 valence electrons. The Hall–Kier alpha value is -0.740. The van der Waals surface area contributed by atoms with Crippen molar-refractivity contribution in [1.82, 2.24) is 0 Å². The molecule has 12 heavy (non-hydrogen) atoms. The lowest BCUT2D eigenvalue weighted by Crippen LogP contribution is -2.11. The van der Waals surface area contributed by atoms with Gasteiger partial charge in [0.25, 0.3) is 0 Å². The summed E-state index contributed by atoms with van der Waals surface area (Å²) < 4.78 is 52.5. The highest BCUT2D eigenvalue weighted by Gasteiger charge is 2.34. The smallest absolute Gasteiger partial charge is 0.415 e. The molecule has 0 radical (unpaired) electrons. The molecule has 5 heteroatoms. The number of hydrogen-bond acceptors (Lipinski definition) is 1. The van der Waals surface area contributed by atoms with Crippen molar-refractivity contribution in [2.45, 2.75) is 31.8 Å². The molecule has 0 fully saturated rings. The Kier molecular flexibility index (Phi) is 2.59. The fourth-order valence-corrected chi connectivity index (χ4v) is 0.944. The van der Waals surface area contributed by atoms with Crippen molar-refractivity contribution in [2.75, 3.05) is 0 Å². The molecule has 1 unspecified atom stereocenters. The van der Waals surface area contributed by atoms with E-state index in [1.807, 2.05) is 0 Å². The van der Waals surface area contributed by atoms with Crippen LogP contribution in [0.3, 0.4) is 0 Å². The molecule has 1 rings (SSSR count). The van der Waals surface area contributed by atoms with Gasteiger partial charge in [-0.05, 0) is 12.8 Å². The third-order valence-electron chi connectivity index (χ3n) is 1.60. The van der Waals surface area contributed by atoms with Crippen LogP contribution in [0.15, 0.2) is 11.8 Å². The summed E-state index contributed by atoms with van der Waals surface area (Å²) in [6.07, 6.45) is -5.46. The van der Waals surface area contributed by atoms with E-state index in [1.165, 1.54) is 0 Å². The lowest BCUT2D eigenvalue weighted by atomic mass is 10.1. The first kappa shape index (κ1) is 9.35. The van der Waals surface area contributed by atoms with Crippen LogP contribution in [0.1, 0.15) is 19.3 Å². The van der Waals surface area contributed by atoms with Crippen molar-refractivity contribution in [3.8, 4) is 0 Å². The Bertz CT molecular complexity index is 184. The first-order chi connectivity index (χ1) is 5.50. The van der Waals surface area contributed by atoms with Crippen LogP contribution in [0.5, 0.6) is 0 Å². The van der Waals surface area contributed by atoms with Crippen LogP contribution in [0.2, 0.25) is 0 Å². The molecule has 1 heterocycles. The Balaban J connectivity index is 2.64. The molecule has 1 atom stereocenters. The Labute approximate surface area is 67.0 Å². The van der Waals surface area contributed by atoms with Gasteiger partial charge in [0.2, 0.25) is 6.36 Å². The second kappa shape index (κ2) is 3.33. The van der Waals surface area contributed by atoms with Crippen LogP contribution in [0.25, 0.3) is 0 Å². The van der Waals surface area contributed by atoms with Gasteiger partial charge in [0.15, 0.2) is 0 Å². The lowest BCUT2D eigenvalue weighted by molar-refractivity contribution is -0.0964. The standard InChI is InChI=1S/C7H8F4O/c8-6-3-1-2-5(4-12-6)7(9,10)11/h4,6H,1-3H2. The molecule has 0 N–H and O–H groups in total. The van der Waals surface area contributed by atoms with Gasteiger partial charge < -0.3 is 4.74 Å². The van der Waals surface area contributed by atoms with Gasteiger partial charge in [-0.25, -0.2) is 4.39 Å². The lowest BCUT2D eigenvalue weighted by Gasteiger charge is -2.07. The molecule has 0 saturated carbocycles. The van der Waals surface area contributed by atoms with Gasteiger partial charge in [-0.15, -0.1) is 0 Å². The number of allylic oxidation sites excluding steroid dienone is 1. The van der Waals surface area contributed by atoms with Gasteiger partial charge >= 0.3 is 6.18 Å². The summed E-state index contributed by atoms with van der Waals surface area (Å²) in [4.78, 5) is 0. The van der Waals surface area contributed by atoms with E-state index in [4.69, 9.17) is 0 Å². The first-order valence-corrected chi connectivity index (χ1v) is 3.56. The summed E-state index contributed by atoms with van der Waals surface area (Å²) in [7, 11) is 0. The van der Waals surface area contributed by atoms with Crippen molar-refractivity contribution >= 4 is 0 Å². The van der Waals surface area contributed by atoms with Crippen molar-refractivity contribution in [3.05, 3.63) is 11.8 Å². The summed E-state index contributed by atoms with van der Waals surface area (Å²) in [6.45, 7) is 0. The minimum atomic E-state index is -4.38. The zero-order valence-electron chi connectivity index (χ0n) is 6.20. The monoisotopic (exact) mass is 184 g/mol. The van der Waals surface area contributed by atoms with Crippen molar-refractivity contribution < 1.29 is 22.3 Å². The van der Waals surface area contributed by atoms with E-state index >= 15 is 0 Å². The second-order valence-electron chi connectivity index (χ2n) is 2.58. The highest BCUT2D eigenvalue weighted by Crippen LogP contribution is 2.31. The molecule has 0 saturated heterocycles. The highest BCUT2D eigenvalue weighted by atomic mass is 19.4. The van der Waals surface area contributed by atoms with E-state index < -0.39 is 18.1 Å². The van der Waals surface area contributed by atoms with Crippen LogP contribution >= 0.6 is 0 Å². The van der Waals surface area contributed by atoms with Crippen LogP contribution in [0.4, 0.5) is 17.6 Å². The fourth-order valence-electron chi connectivity index (χ4n) is 0.944. The van der Waals surface area contributed by atoms with Crippen LogP contribution < -0.4 is 0 Å². The van der Waals surface area contributed by atoms with Gasteiger partial charge in [0.1, 0.15) is 0 Å². The maximum Gasteiger partial charge on any atom is 0.415 e. The maximum absolute atomic E-state index is 12.4. The predicted molar refractivity (Wildman–Crippen MR) is 34.0 cm³/mol. The molecule has 0 amide bonds. The third-order valence-corrected chi connectivity index (χ3v) is 1.60. The molecular weight excluding hydrogens is 176 g/mol. The van der Waals surface area contributed by atoms with E-state index in [0.717, 1.165) is 0 Å². The largest absolute Gasteiger partial charge is 0.468 e. The molecule has 0 aromatic heterocycles. The molecule has 0 aromatic rings. The molecule has 1 aliphatic rings. The number of alkyl halides is 4. The molecule has 0 spiro atoms. The van der Waals surface area contributed by atoms with Crippen molar-refractivity contribution in [2.24, 2.45) is 0 Å². The van der Waals surface area contributed by atoms with E-state index in [9.17, 15) is 17.6 Å². The number of hydrogen-bond donors (Lipinski definition) is 0. The maximum atomic E-state index is 12.4. The predicted octanol–water partition coefficient (Wildman–Crippen LogP) is 2.93. The quantitative estimate of drug-likeness (QED) is 0.526. The van der Waals surface area contributed by atoms with Crippen molar-refractivity contribution in [3.63, 3.8) is 0 Å². The molecule has 0 bridgehead atoms. The summed E-state index contributed by atoms with van der Waals surface area (Å²) >= 11 is 0. The highest BCUT2D eigenvalue weighted by molar-refractivity contribution is 5.06. The number of rotatable bonds is 0. The normalized spacial score (nSPS) is 25.7. The van der Waals surface area contributed by atoms with E-state index in [1.54, 1.807) is 0 Å². The van der Waals surface area contributed by atoms with E-state index in [-0.39, 0.29) is 19.3 Å². The zero-order valence-corrected chi connectivity index (χ0v) is 6.20. The van der Waals surface area contributed by atoms with Gasteiger partial charge in [-0.2, -0.15) is 13.2 Å². The van der Waals surface area contributed by atoms with Gasteiger partial charge in [-0.3, -0.25) is 0 Å². The van der Waals surface area contributed by atoms with Crippen LogP contribution in [0, 0.1) is 0 Å². The summed E-state index contributed by atoms with van der Waals surface area (Å²) in [5, 5.41) is 0. The van der Waals surface area contributed by atoms with Gasteiger partial charge in [0, 0.05) is 6.42 Å². The Morgan fingerprint density at radius 2 is 2.08 bits per heavy atom. The molecule has 0 aliphatic carbocycles. The van der Waals surface area contributed by atoms with Gasteiger partial charge in [-0.1, -0.05) is 0 Å². The number of halogens is 4. The molecular formula is C7H8F4O. The van der Waals surface area contributed by atoms with Crippen LogP contribution in [-0.4, -0.2) is 12.5 Å². The van der Waals surface area contributed by atoms with Crippen LogP contribution in [-0.2, 0) is 4.74 Å². The average Bonchev–Trinajstić information content (AvgIpc) is 2.11. The van der Waals surface area contributed by atoms with Crippen molar-refractivity contribution in [1.29, 1.82) is 0 Å². The third kappa shape index (κ3) is 2.39. The molecule has 0 aromatic carbocycles. The topological polar surface area (TPSA) is 9.23 Å². The van der Waals surface area contributed by atoms with E-state index in [2.05, 4.69) is 4.74 Å². The zero-order chi connectivity index (χ0) is 9.19. The number of ether oxygens (including phenoxy) is 1. The average molecular weight is 184 g/mol. The summed E-state index contributed by atoms with van der Waals surface area (Å²) in [5.41, 5.74) is -0.789. The minimum absolute atomic E-state index is 0.0239.